The van der Waals surface area contributed by atoms with Gasteiger partial charge < -0.3 is 0 Å². The molecular formula is C7H9N3O. The molecule has 1 N–H and O–H groups in total. The van der Waals surface area contributed by atoms with Gasteiger partial charge in [-0.05, 0) is 6.07 Å². The molecular weight excluding hydrogens is 142 g/mol. The summed E-state index contributed by atoms with van der Waals surface area (Å²) in [5.41, 5.74) is 0. The van der Waals surface area contributed by atoms with Crippen molar-refractivity contribution in [3.05, 3.63) is 18.5 Å². The van der Waals surface area contributed by atoms with Crippen molar-refractivity contribution < 1.29 is 4.79 Å². The van der Waals surface area contributed by atoms with Gasteiger partial charge in [-0.25, -0.2) is 9.97 Å². The lowest BCUT2D eigenvalue weighted by Gasteiger charge is -1.98. The van der Waals surface area contributed by atoms with Crippen molar-refractivity contribution in [2.45, 2.75) is 13.3 Å². The van der Waals surface area contributed by atoms with E-state index in [-0.39, 0.29) is 5.91 Å². The van der Waals surface area contributed by atoms with Gasteiger partial charge in [-0.3, -0.25) is 10.1 Å². The fourth-order valence-electron chi connectivity index (χ4n) is 0.577. The number of aromatic nitrogens is 2. The number of nitrogens with zero attached hydrogens (tertiary/aromatic N) is 2. The van der Waals surface area contributed by atoms with E-state index in [1.807, 2.05) is 0 Å². The molecule has 4 heteroatoms. The van der Waals surface area contributed by atoms with Crippen LogP contribution in [0.15, 0.2) is 18.5 Å². The molecule has 0 aliphatic carbocycles. The van der Waals surface area contributed by atoms with Crippen molar-refractivity contribution in [2.75, 3.05) is 5.32 Å². The van der Waals surface area contributed by atoms with Crippen molar-refractivity contribution in [3.8, 4) is 0 Å². The molecule has 11 heavy (non-hydrogen) atoms. The van der Waals surface area contributed by atoms with E-state index in [1.54, 1.807) is 25.4 Å². The molecule has 1 heterocycles. The molecule has 0 fully saturated rings. The summed E-state index contributed by atoms with van der Waals surface area (Å²) in [5.74, 6) is 0.288. The first kappa shape index (κ1) is 7.65. The van der Waals surface area contributed by atoms with Crippen LogP contribution < -0.4 is 5.32 Å². The zero-order valence-corrected chi connectivity index (χ0v) is 6.24. The highest BCUT2D eigenvalue weighted by molar-refractivity contribution is 5.88. The summed E-state index contributed by atoms with van der Waals surface area (Å²) in [4.78, 5) is 18.4. The maximum Gasteiger partial charge on any atom is 0.229 e. The average Bonchev–Trinajstić information content (AvgIpc) is 2.06. The number of rotatable bonds is 2. The van der Waals surface area contributed by atoms with Gasteiger partial charge in [0, 0.05) is 18.8 Å². The average molecular weight is 151 g/mol. The maximum absolute atomic E-state index is 10.8. The number of hydrogen-bond donors (Lipinski definition) is 1. The Labute approximate surface area is 64.7 Å². The number of hydrogen-bond acceptors (Lipinski definition) is 3. The molecule has 0 unspecified atom stereocenters. The van der Waals surface area contributed by atoms with E-state index in [0.717, 1.165) is 0 Å². The lowest BCUT2D eigenvalue weighted by atomic mass is 10.5. The van der Waals surface area contributed by atoms with E-state index >= 15 is 0 Å². The summed E-state index contributed by atoms with van der Waals surface area (Å²) in [5, 5.41) is 2.53. The van der Waals surface area contributed by atoms with Gasteiger partial charge in [0.2, 0.25) is 11.9 Å². The zero-order valence-electron chi connectivity index (χ0n) is 6.24. The van der Waals surface area contributed by atoms with Gasteiger partial charge in [0.05, 0.1) is 0 Å². The van der Waals surface area contributed by atoms with Gasteiger partial charge in [-0.15, -0.1) is 0 Å². The Bertz CT molecular complexity index is 235. The molecule has 0 spiro atoms. The highest BCUT2D eigenvalue weighted by atomic mass is 16.1. The molecule has 1 aromatic heterocycles. The minimum absolute atomic E-state index is 0.0730. The number of carbonyl (C=O) groups excluding carboxylic acids is 1. The fourth-order valence-corrected chi connectivity index (χ4v) is 0.577. The molecule has 4 nitrogen and oxygen atoms in total. The first-order valence-electron chi connectivity index (χ1n) is 3.40. The van der Waals surface area contributed by atoms with Gasteiger partial charge in [0.1, 0.15) is 0 Å². The summed E-state index contributed by atoms with van der Waals surface area (Å²) >= 11 is 0. The highest BCUT2D eigenvalue weighted by Crippen LogP contribution is 1.94. The van der Waals surface area contributed by atoms with Crippen LogP contribution in [0.1, 0.15) is 13.3 Å². The predicted molar refractivity (Wildman–Crippen MR) is 41.0 cm³/mol. The summed E-state index contributed by atoms with van der Waals surface area (Å²) in [6.45, 7) is 1.78. The topological polar surface area (TPSA) is 54.9 Å². The Kier molecular flexibility index (Phi) is 2.54. The highest BCUT2D eigenvalue weighted by Gasteiger charge is 1.98. The first-order valence-corrected chi connectivity index (χ1v) is 3.40. The minimum atomic E-state index is -0.0730. The van der Waals surface area contributed by atoms with Crippen LogP contribution in [0.2, 0.25) is 0 Å². The number of carbonyl (C=O) groups is 1. The monoisotopic (exact) mass is 151 g/mol. The van der Waals surface area contributed by atoms with E-state index < -0.39 is 0 Å². The van der Waals surface area contributed by atoms with Crippen LogP contribution in [-0.4, -0.2) is 15.9 Å². The number of amides is 1. The predicted octanol–water partition coefficient (Wildman–Crippen LogP) is 0.825. The molecule has 0 saturated heterocycles. The molecule has 1 rings (SSSR count). The van der Waals surface area contributed by atoms with Crippen LogP contribution in [0.25, 0.3) is 0 Å². The zero-order chi connectivity index (χ0) is 8.10. The second kappa shape index (κ2) is 3.65. The molecule has 0 bridgehead atoms. The van der Waals surface area contributed by atoms with Crippen LogP contribution in [0.5, 0.6) is 0 Å². The van der Waals surface area contributed by atoms with Crippen LogP contribution >= 0.6 is 0 Å². The molecule has 0 atom stereocenters. The van der Waals surface area contributed by atoms with Crippen LogP contribution in [0.4, 0.5) is 5.95 Å². The van der Waals surface area contributed by atoms with Gasteiger partial charge in [0.15, 0.2) is 0 Å². The van der Waals surface area contributed by atoms with Gasteiger partial charge in [-0.2, -0.15) is 0 Å². The van der Waals surface area contributed by atoms with Crippen LogP contribution in [0.3, 0.4) is 0 Å². The third kappa shape index (κ3) is 2.33. The molecule has 0 radical (unpaired) electrons. The summed E-state index contributed by atoms with van der Waals surface area (Å²) in [6, 6.07) is 1.70. The first-order chi connectivity index (χ1) is 5.33. The molecule has 1 aromatic rings. The maximum atomic E-state index is 10.8. The quantitative estimate of drug-likeness (QED) is 0.681. The van der Waals surface area contributed by atoms with E-state index in [9.17, 15) is 4.79 Å². The standard InChI is InChI=1S/C7H9N3O/c1-2-6(11)10-7-8-4-3-5-9-7/h3-5H,2H2,1H3,(H,8,9,10,11). The smallest absolute Gasteiger partial charge is 0.229 e. The molecule has 0 aliphatic heterocycles. The lowest BCUT2D eigenvalue weighted by Crippen LogP contribution is -2.11. The Hall–Kier alpha value is -1.45. The molecule has 1 amide bonds. The summed E-state index contributed by atoms with van der Waals surface area (Å²) in [6.07, 6.45) is 3.61. The fraction of sp³-hybridized carbons (Fsp3) is 0.286. The Morgan fingerprint density at radius 1 is 1.55 bits per heavy atom. The number of nitrogens with one attached hydrogen (secondary N) is 1. The second-order valence-corrected chi connectivity index (χ2v) is 1.97. The van der Waals surface area contributed by atoms with Crippen molar-refractivity contribution in [1.82, 2.24) is 9.97 Å². The third-order valence-corrected chi connectivity index (χ3v) is 1.14. The normalized spacial score (nSPS) is 9.18. The van der Waals surface area contributed by atoms with Gasteiger partial charge in [-0.1, -0.05) is 6.92 Å². The second-order valence-electron chi connectivity index (χ2n) is 1.97. The van der Waals surface area contributed by atoms with Crippen molar-refractivity contribution in [3.63, 3.8) is 0 Å². The van der Waals surface area contributed by atoms with E-state index in [1.165, 1.54) is 0 Å². The van der Waals surface area contributed by atoms with E-state index in [0.29, 0.717) is 12.4 Å². The van der Waals surface area contributed by atoms with Gasteiger partial charge >= 0.3 is 0 Å². The van der Waals surface area contributed by atoms with Crippen LogP contribution in [-0.2, 0) is 4.79 Å². The summed E-state index contributed by atoms with van der Waals surface area (Å²) < 4.78 is 0. The number of anilines is 1. The largest absolute Gasteiger partial charge is 0.295 e. The Balaban J connectivity index is 2.58. The van der Waals surface area contributed by atoms with Crippen molar-refractivity contribution >= 4 is 11.9 Å². The molecule has 0 aromatic carbocycles. The summed E-state index contributed by atoms with van der Waals surface area (Å²) in [7, 11) is 0. The van der Waals surface area contributed by atoms with Gasteiger partial charge in [0.25, 0.3) is 0 Å². The SMILES string of the molecule is CCC(=O)Nc1ncccn1. The lowest BCUT2D eigenvalue weighted by molar-refractivity contribution is -0.115. The Morgan fingerprint density at radius 3 is 2.73 bits per heavy atom. The van der Waals surface area contributed by atoms with Crippen molar-refractivity contribution in [1.29, 1.82) is 0 Å². The molecule has 0 aliphatic rings. The Morgan fingerprint density at radius 2 is 2.18 bits per heavy atom. The molecule has 0 saturated carbocycles. The van der Waals surface area contributed by atoms with E-state index in [4.69, 9.17) is 0 Å². The van der Waals surface area contributed by atoms with Crippen molar-refractivity contribution in [2.24, 2.45) is 0 Å². The van der Waals surface area contributed by atoms with Crippen LogP contribution in [0, 0.1) is 0 Å². The minimum Gasteiger partial charge on any atom is -0.295 e. The van der Waals surface area contributed by atoms with E-state index in [2.05, 4.69) is 15.3 Å². The molecule has 58 valence electrons. The third-order valence-electron chi connectivity index (χ3n) is 1.14.